The van der Waals surface area contributed by atoms with Crippen molar-refractivity contribution in [2.24, 2.45) is 0 Å². The lowest BCUT2D eigenvalue weighted by molar-refractivity contribution is -0.127. The average Bonchev–Trinajstić information content (AvgIpc) is 2.69. The summed E-state index contributed by atoms with van der Waals surface area (Å²) in [7, 11) is 1.59. The third-order valence-corrected chi connectivity index (χ3v) is 4.79. The number of nitrogens with one attached hydrogen (secondary N) is 3. The number of carbonyl (C=O) groups excluding carboxylic acids is 2. The Kier molecular flexibility index (Phi) is 7.82. The number of hydrazine groups is 1. The number of thioether (sulfide) groups is 1. The van der Waals surface area contributed by atoms with Crippen LogP contribution in [0.3, 0.4) is 0 Å². The number of anilines is 1. The van der Waals surface area contributed by atoms with Gasteiger partial charge in [-0.2, -0.15) is 0 Å². The van der Waals surface area contributed by atoms with Crippen molar-refractivity contribution < 1.29 is 14.3 Å². The summed E-state index contributed by atoms with van der Waals surface area (Å²) < 4.78 is 5.07. The van der Waals surface area contributed by atoms with Crippen molar-refractivity contribution >= 4 is 29.3 Å². The van der Waals surface area contributed by atoms with Gasteiger partial charge in [0.15, 0.2) is 0 Å². The summed E-state index contributed by atoms with van der Waals surface area (Å²) in [6.07, 6.45) is 0. The van der Waals surface area contributed by atoms with Gasteiger partial charge in [-0.1, -0.05) is 30.3 Å². The van der Waals surface area contributed by atoms with Gasteiger partial charge < -0.3 is 10.1 Å². The molecule has 1 atom stereocenters. The van der Waals surface area contributed by atoms with Crippen LogP contribution < -0.4 is 20.9 Å². The van der Waals surface area contributed by atoms with Crippen LogP contribution in [0.2, 0.25) is 0 Å². The molecule has 2 rings (SSSR count). The Bertz CT molecular complexity index is 708. The molecule has 0 fully saturated rings. The minimum Gasteiger partial charge on any atom is -0.497 e. The standard InChI is InChI=1S/C19H23N3O3S/c1-14(26-13-15-6-4-3-5-7-15)19(24)22-21-18(23)12-20-16-8-10-17(25-2)11-9-16/h3-11,14,20H,12-13H2,1-2H3,(H,21,23)(H,22,24). The maximum Gasteiger partial charge on any atom is 0.257 e. The SMILES string of the molecule is COc1ccc(NCC(=O)NNC(=O)C(C)SCc2ccccc2)cc1. The zero-order valence-electron chi connectivity index (χ0n) is 14.8. The van der Waals surface area contributed by atoms with E-state index in [0.717, 1.165) is 22.8 Å². The molecule has 26 heavy (non-hydrogen) atoms. The van der Waals surface area contributed by atoms with Gasteiger partial charge in [0.1, 0.15) is 5.75 Å². The number of hydrogen-bond donors (Lipinski definition) is 3. The molecule has 0 aliphatic heterocycles. The number of carbonyl (C=O) groups is 2. The van der Waals surface area contributed by atoms with Crippen LogP contribution >= 0.6 is 11.8 Å². The highest BCUT2D eigenvalue weighted by atomic mass is 32.2. The Morgan fingerprint density at radius 2 is 1.73 bits per heavy atom. The minimum absolute atomic E-state index is 0.0537. The van der Waals surface area contributed by atoms with Gasteiger partial charge in [-0.25, -0.2) is 0 Å². The molecule has 3 N–H and O–H groups in total. The molecule has 0 aromatic heterocycles. The predicted octanol–water partition coefficient (Wildman–Crippen LogP) is 2.58. The third kappa shape index (κ3) is 6.68. The normalized spacial score (nSPS) is 11.3. The maximum atomic E-state index is 12.0. The summed E-state index contributed by atoms with van der Waals surface area (Å²) in [6, 6.07) is 17.2. The molecule has 6 nitrogen and oxygen atoms in total. The van der Waals surface area contributed by atoms with E-state index in [1.165, 1.54) is 11.8 Å². The van der Waals surface area contributed by atoms with E-state index in [-0.39, 0.29) is 23.6 Å². The van der Waals surface area contributed by atoms with E-state index < -0.39 is 0 Å². The van der Waals surface area contributed by atoms with Crippen molar-refractivity contribution in [1.29, 1.82) is 0 Å². The molecule has 1 unspecified atom stereocenters. The first kappa shape index (κ1) is 19.7. The molecule has 2 aromatic rings. The molecule has 0 bridgehead atoms. The molecular formula is C19H23N3O3S. The largest absolute Gasteiger partial charge is 0.497 e. The zero-order chi connectivity index (χ0) is 18.8. The Morgan fingerprint density at radius 1 is 1.04 bits per heavy atom. The van der Waals surface area contributed by atoms with Gasteiger partial charge in [0, 0.05) is 11.4 Å². The van der Waals surface area contributed by atoms with Crippen LogP contribution in [-0.2, 0) is 15.3 Å². The highest BCUT2D eigenvalue weighted by Crippen LogP contribution is 2.17. The highest BCUT2D eigenvalue weighted by molar-refractivity contribution is 7.99. The number of rotatable bonds is 8. The maximum absolute atomic E-state index is 12.0. The summed E-state index contributed by atoms with van der Waals surface area (Å²) in [5.41, 5.74) is 6.82. The van der Waals surface area contributed by atoms with Gasteiger partial charge in [0.2, 0.25) is 0 Å². The molecule has 0 radical (unpaired) electrons. The second-order valence-corrected chi connectivity index (χ2v) is 6.89. The monoisotopic (exact) mass is 373 g/mol. The van der Waals surface area contributed by atoms with Crippen molar-refractivity contribution in [3.63, 3.8) is 0 Å². The molecule has 0 heterocycles. The topological polar surface area (TPSA) is 79.5 Å². The quantitative estimate of drug-likeness (QED) is 0.620. The molecule has 2 amide bonds. The van der Waals surface area contributed by atoms with Crippen LogP contribution in [0.1, 0.15) is 12.5 Å². The third-order valence-electron chi connectivity index (χ3n) is 3.58. The second-order valence-electron chi connectivity index (χ2n) is 5.56. The van der Waals surface area contributed by atoms with Crippen LogP contribution in [-0.4, -0.2) is 30.7 Å². The van der Waals surface area contributed by atoms with Crippen LogP contribution in [0.15, 0.2) is 54.6 Å². The van der Waals surface area contributed by atoms with Gasteiger partial charge in [0.25, 0.3) is 11.8 Å². The number of amides is 2. The van der Waals surface area contributed by atoms with Crippen molar-refractivity contribution in [1.82, 2.24) is 10.9 Å². The van der Waals surface area contributed by atoms with Crippen molar-refractivity contribution in [3.05, 3.63) is 60.2 Å². The first-order chi connectivity index (χ1) is 12.6. The fraction of sp³-hybridized carbons (Fsp3) is 0.263. The van der Waals surface area contributed by atoms with Gasteiger partial charge in [-0.15, -0.1) is 11.8 Å². The first-order valence-corrected chi connectivity index (χ1v) is 9.25. The number of hydrogen-bond acceptors (Lipinski definition) is 5. The Labute approximate surface area is 157 Å². The molecule has 138 valence electrons. The fourth-order valence-electron chi connectivity index (χ4n) is 2.04. The van der Waals surface area contributed by atoms with E-state index in [1.54, 1.807) is 19.2 Å². The molecule has 2 aromatic carbocycles. The second kappa shape index (κ2) is 10.4. The van der Waals surface area contributed by atoms with E-state index in [2.05, 4.69) is 16.2 Å². The van der Waals surface area contributed by atoms with E-state index >= 15 is 0 Å². The van der Waals surface area contributed by atoms with Gasteiger partial charge in [0.05, 0.1) is 18.9 Å². The lowest BCUT2D eigenvalue weighted by atomic mass is 10.2. The highest BCUT2D eigenvalue weighted by Gasteiger charge is 2.14. The lowest BCUT2D eigenvalue weighted by Crippen LogP contribution is -2.46. The van der Waals surface area contributed by atoms with Gasteiger partial charge >= 0.3 is 0 Å². The Morgan fingerprint density at radius 3 is 2.38 bits per heavy atom. The average molecular weight is 373 g/mol. The summed E-state index contributed by atoms with van der Waals surface area (Å²) in [4.78, 5) is 23.9. The van der Waals surface area contributed by atoms with E-state index in [4.69, 9.17) is 4.74 Å². The summed E-state index contributed by atoms with van der Waals surface area (Å²) in [5, 5.41) is 2.70. The molecule has 0 spiro atoms. The molecular weight excluding hydrogens is 350 g/mol. The Hall–Kier alpha value is -2.67. The molecule has 0 aliphatic carbocycles. The fourth-order valence-corrected chi connectivity index (χ4v) is 2.88. The molecule has 7 heteroatoms. The van der Waals surface area contributed by atoms with E-state index in [1.807, 2.05) is 49.4 Å². The summed E-state index contributed by atoms with van der Waals surface area (Å²) in [6.45, 7) is 1.86. The van der Waals surface area contributed by atoms with Crippen molar-refractivity contribution in [2.45, 2.75) is 17.9 Å². The van der Waals surface area contributed by atoms with Crippen LogP contribution in [0.5, 0.6) is 5.75 Å². The van der Waals surface area contributed by atoms with Crippen molar-refractivity contribution in [3.8, 4) is 5.75 Å². The lowest BCUT2D eigenvalue weighted by Gasteiger charge is -2.13. The van der Waals surface area contributed by atoms with Gasteiger partial charge in [-0.3, -0.25) is 20.4 Å². The predicted molar refractivity (Wildman–Crippen MR) is 105 cm³/mol. The molecule has 0 saturated carbocycles. The first-order valence-electron chi connectivity index (χ1n) is 8.20. The van der Waals surface area contributed by atoms with Crippen molar-refractivity contribution in [2.75, 3.05) is 19.0 Å². The minimum atomic E-state index is -0.325. The Balaban J connectivity index is 1.66. The van der Waals surface area contributed by atoms with Gasteiger partial charge in [-0.05, 0) is 36.8 Å². The summed E-state index contributed by atoms with van der Waals surface area (Å²) >= 11 is 1.51. The van der Waals surface area contributed by atoms with Crippen LogP contribution in [0.25, 0.3) is 0 Å². The van der Waals surface area contributed by atoms with E-state index in [0.29, 0.717) is 0 Å². The zero-order valence-corrected chi connectivity index (χ0v) is 15.6. The number of benzene rings is 2. The molecule has 0 saturated heterocycles. The number of methoxy groups -OCH3 is 1. The smallest absolute Gasteiger partial charge is 0.257 e. The number of ether oxygens (including phenoxy) is 1. The van der Waals surface area contributed by atoms with E-state index in [9.17, 15) is 9.59 Å². The van der Waals surface area contributed by atoms with Crippen LogP contribution in [0.4, 0.5) is 5.69 Å². The molecule has 0 aliphatic rings. The summed E-state index contributed by atoms with van der Waals surface area (Å²) in [5.74, 6) is 0.926. The van der Waals surface area contributed by atoms with Crippen LogP contribution in [0, 0.1) is 0 Å².